The summed E-state index contributed by atoms with van der Waals surface area (Å²) >= 11 is 6.91. The number of ether oxygens (including phenoxy) is 2. The second-order valence-electron chi connectivity index (χ2n) is 13.7. The van der Waals surface area contributed by atoms with Gasteiger partial charge in [-0.2, -0.15) is 8.78 Å². The second-order valence-corrected chi connectivity index (χ2v) is 14.1. The summed E-state index contributed by atoms with van der Waals surface area (Å²) in [5.41, 5.74) is 4.29. The minimum atomic E-state index is -1.60. The SMILES string of the molecule is COC(=O)CC1CCN(Cc2c(F)c(F)c(OC3CCc4c(-c5cccc(NC(=O)c6nc7c(n6C)CCN(C)C7)c5Cl)cccc43)c(F)c2F)C1. The van der Waals surface area contributed by atoms with Gasteiger partial charge in [0, 0.05) is 62.9 Å². The van der Waals surface area contributed by atoms with Crippen molar-refractivity contribution in [2.24, 2.45) is 13.0 Å². The molecule has 4 aromatic rings. The molecule has 3 aromatic carbocycles. The standard InChI is InChI=1S/C38H38ClF4N5O4/c1-46-14-13-28-27(19-46)44-37(47(28)2)38(50)45-26-9-5-8-24(31(26)39)21-6-4-7-23-22(21)10-11-29(23)52-36-34(42)32(40)25(33(41)35(36)43)18-48-15-12-20(17-48)16-30(49)51-3/h4-9,20,29H,10-19H2,1-3H3,(H,45,50). The lowest BCUT2D eigenvalue weighted by atomic mass is 9.96. The van der Waals surface area contributed by atoms with E-state index in [0.717, 1.165) is 35.5 Å². The van der Waals surface area contributed by atoms with Crippen molar-refractivity contribution in [3.8, 4) is 16.9 Å². The number of anilines is 1. The van der Waals surface area contributed by atoms with Gasteiger partial charge in [0.25, 0.3) is 5.91 Å². The summed E-state index contributed by atoms with van der Waals surface area (Å²) in [7, 11) is 5.11. The molecule has 3 aliphatic rings. The van der Waals surface area contributed by atoms with Crippen molar-refractivity contribution in [2.45, 2.75) is 51.3 Å². The number of nitrogens with one attached hydrogen (secondary N) is 1. The summed E-state index contributed by atoms with van der Waals surface area (Å²) in [5.74, 6) is -7.94. The van der Waals surface area contributed by atoms with Crippen LogP contribution >= 0.6 is 11.6 Å². The number of fused-ring (bicyclic) bond motifs is 2. The van der Waals surface area contributed by atoms with E-state index in [9.17, 15) is 9.59 Å². The van der Waals surface area contributed by atoms with Crippen molar-refractivity contribution >= 4 is 29.2 Å². The molecule has 0 saturated carbocycles. The Labute approximate surface area is 303 Å². The van der Waals surface area contributed by atoms with Gasteiger partial charge in [-0.15, -0.1) is 0 Å². The molecule has 3 heterocycles. The van der Waals surface area contributed by atoms with Crippen molar-refractivity contribution in [3.05, 3.63) is 98.6 Å². The van der Waals surface area contributed by atoms with Gasteiger partial charge in [-0.05, 0) is 61.5 Å². The molecular weight excluding hydrogens is 702 g/mol. The number of imidazole rings is 1. The van der Waals surface area contributed by atoms with Crippen LogP contribution in [0.5, 0.6) is 5.75 Å². The van der Waals surface area contributed by atoms with E-state index in [1.165, 1.54) is 7.11 Å². The molecule has 0 bridgehead atoms. The third kappa shape index (κ3) is 6.65. The number of hydrogen-bond acceptors (Lipinski definition) is 7. The number of esters is 1. The Morgan fingerprint density at radius 2 is 1.69 bits per heavy atom. The molecule has 1 fully saturated rings. The highest BCUT2D eigenvalue weighted by Gasteiger charge is 2.34. The molecule has 1 N–H and O–H groups in total. The number of nitrogens with zero attached hydrogens (tertiary/aromatic N) is 4. The Kier molecular flexibility index (Phi) is 10.0. The predicted molar refractivity (Wildman–Crippen MR) is 186 cm³/mol. The van der Waals surface area contributed by atoms with Gasteiger partial charge < -0.3 is 24.3 Å². The molecule has 14 heteroatoms. The van der Waals surface area contributed by atoms with E-state index in [1.807, 2.05) is 24.7 Å². The molecule has 0 radical (unpaired) electrons. The lowest BCUT2D eigenvalue weighted by molar-refractivity contribution is -0.141. The Balaban J connectivity index is 1.10. The summed E-state index contributed by atoms with van der Waals surface area (Å²) in [6, 6.07) is 10.6. The average Bonchev–Trinajstić information content (AvgIpc) is 3.85. The van der Waals surface area contributed by atoms with Crippen LogP contribution in [-0.2, 0) is 42.5 Å². The van der Waals surface area contributed by atoms with Crippen LogP contribution in [0.4, 0.5) is 23.2 Å². The topological polar surface area (TPSA) is 88.9 Å². The van der Waals surface area contributed by atoms with E-state index >= 15 is 17.6 Å². The fourth-order valence-electron chi connectivity index (χ4n) is 7.68. The number of likely N-dealkylation sites (tertiary alicyclic amines) is 1. The zero-order valence-corrected chi connectivity index (χ0v) is 29.8. The summed E-state index contributed by atoms with van der Waals surface area (Å²) in [6.45, 7) is 1.91. The molecule has 52 heavy (non-hydrogen) atoms. The van der Waals surface area contributed by atoms with Crippen LogP contribution in [0, 0.1) is 29.2 Å². The lowest BCUT2D eigenvalue weighted by Gasteiger charge is -2.21. The van der Waals surface area contributed by atoms with Gasteiger partial charge in [-0.3, -0.25) is 14.5 Å². The zero-order chi connectivity index (χ0) is 36.8. The van der Waals surface area contributed by atoms with Crippen LogP contribution in [0.3, 0.4) is 0 Å². The zero-order valence-electron chi connectivity index (χ0n) is 29.0. The highest BCUT2D eigenvalue weighted by atomic mass is 35.5. The second kappa shape index (κ2) is 14.5. The van der Waals surface area contributed by atoms with Gasteiger partial charge in [0.15, 0.2) is 23.2 Å². The molecule has 2 aliphatic heterocycles. The Morgan fingerprint density at radius 1 is 0.962 bits per heavy atom. The van der Waals surface area contributed by atoms with E-state index < -0.39 is 52.6 Å². The number of aromatic nitrogens is 2. The summed E-state index contributed by atoms with van der Waals surface area (Å²) < 4.78 is 73.8. The van der Waals surface area contributed by atoms with Gasteiger partial charge >= 0.3 is 5.97 Å². The van der Waals surface area contributed by atoms with Crippen molar-refractivity contribution < 1.29 is 36.6 Å². The molecule has 2 atom stereocenters. The van der Waals surface area contributed by atoms with Crippen LogP contribution in [0.15, 0.2) is 36.4 Å². The maximum Gasteiger partial charge on any atom is 0.305 e. The van der Waals surface area contributed by atoms with Gasteiger partial charge in [-0.25, -0.2) is 13.8 Å². The first-order valence-electron chi connectivity index (χ1n) is 17.2. The maximum atomic E-state index is 15.4. The van der Waals surface area contributed by atoms with Crippen LogP contribution in [0.2, 0.25) is 5.02 Å². The van der Waals surface area contributed by atoms with Crippen molar-refractivity contribution in [1.29, 1.82) is 0 Å². The fourth-order valence-corrected chi connectivity index (χ4v) is 7.95. The fraction of sp³-hybridized carbons (Fsp3) is 0.395. The summed E-state index contributed by atoms with van der Waals surface area (Å²) in [6.07, 6.45) is 1.36. The van der Waals surface area contributed by atoms with Gasteiger partial charge in [0.05, 0.1) is 23.5 Å². The Bertz CT molecular complexity index is 2040. The van der Waals surface area contributed by atoms with E-state index in [2.05, 4.69) is 15.2 Å². The van der Waals surface area contributed by atoms with Crippen LogP contribution < -0.4 is 10.1 Å². The number of hydrogen-bond donors (Lipinski definition) is 1. The smallest absolute Gasteiger partial charge is 0.305 e. The number of carbonyl (C=O) groups excluding carboxylic acids is 2. The molecule has 0 spiro atoms. The van der Waals surface area contributed by atoms with Gasteiger partial charge in [0.2, 0.25) is 11.6 Å². The maximum absolute atomic E-state index is 15.4. The first-order chi connectivity index (χ1) is 24.9. The molecule has 1 amide bonds. The molecule has 2 unspecified atom stereocenters. The van der Waals surface area contributed by atoms with Crippen LogP contribution in [0.1, 0.15) is 64.1 Å². The first-order valence-corrected chi connectivity index (χ1v) is 17.6. The highest BCUT2D eigenvalue weighted by Crippen LogP contribution is 2.44. The minimum absolute atomic E-state index is 0.0845. The minimum Gasteiger partial charge on any atom is -0.479 e. The number of carbonyl (C=O) groups is 2. The number of amides is 1. The molecule has 1 saturated heterocycles. The number of methoxy groups -OCH3 is 1. The van der Waals surface area contributed by atoms with E-state index in [-0.39, 0.29) is 24.7 Å². The number of halogens is 5. The monoisotopic (exact) mass is 739 g/mol. The normalized spacial score (nSPS) is 18.7. The molecular formula is C38H38ClF4N5O4. The molecule has 1 aromatic heterocycles. The summed E-state index contributed by atoms with van der Waals surface area (Å²) in [5, 5.41) is 3.19. The Morgan fingerprint density at radius 3 is 2.44 bits per heavy atom. The van der Waals surface area contributed by atoms with Gasteiger partial charge in [0.1, 0.15) is 6.10 Å². The lowest BCUT2D eigenvalue weighted by Crippen LogP contribution is -2.27. The number of benzene rings is 3. The van der Waals surface area contributed by atoms with E-state index in [0.29, 0.717) is 60.7 Å². The Hall–Kier alpha value is -4.46. The molecule has 7 rings (SSSR count). The summed E-state index contributed by atoms with van der Waals surface area (Å²) in [4.78, 5) is 33.4. The van der Waals surface area contributed by atoms with Crippen LogP contribution in [0.25, 0.3) is 11.1 Å². The molecule has 274 valence electrons. The van der Waals surface area contributed by atoms with Crippen molar-refractivity contribution in [3.63, 3.8) is 0 Å². The number of likely N-dealkylation sites (N-methyl/N-ethyl adjacent to an activating group) is 1. The average molecular weight is 740 g/mol. The predicted octanol–water partition coefficient (Wildman–Crippen LogP) is 6.99. The highest BCUT2D eigenvalue weighted by molar-refractivity contribution is 6.36. The van der Waals surface area contributed by atoms with E-state index in [4.69, 9.17) is 21.1 Å². The third-order valence-corrected chi connectivity index (χ3v) is 10.8. The quantitative estimate of drug-likeness (QED) is 0.113. The van der Waals surface area contributed by atoms with Gasteiger partial charge in [-0.1, -0.05) is 41.9 Å². The van der Waals surface area contributed by atoms with Crippen molar-refractivity contribution in [1.82, 2.24) is 19.4 Å². The first kappa shape index (κ1) is 35.9. The van der Waals surface area contributed by atoms with E-state index in [1.54, 1.807) is 35.2 Å². The van der Waals surface area contributed by atoms with Crippen molar-refractivity contribution in [2.75, 3.05) is 39.1 Å². The number of rotatable bonds is 9. The molecule has 9 nitrogen and oxygen atoms in total. The largest absolute Gasteiger partial charge is 0.479 e. The third-order valence-electron chi connectivity index (χ3n) is 10.4. The molecule has 1 aliphatic carbocycles. The van der Waals surface area contributed by atoms with Crippen LogP contribution in [-0.4, -0.2) is 65.0 Å².